The minimum absolute atomic E-state index is 0.111. The Kier molecular flexibility index (Phi) is 5.05. The van der Waals surface area contributed by atoms with Gasteiger partial charge in [0.2, 0.25) is 0 Å². The van der Waals surface area contributed by atoms with E-state index in [0.717, 1.165) is 37.7 Å². The number of allylic oxidation sites excluding steroid dienone is 1. The number of hydrogen-bond donors (Lipinski definition) is 0. The third-order valence-corrected chi connectivity index (χ3v) is 2.36. The van der Waals surface area contributed by atoms with Gasteiger partial charge in [0.1, 0.15) is 0 Å². The summed E-state index contributed by atoms with van der Waals surface area (Å²) in [6, 6.07) is 0. The lowest BCUT2D eigenvalue weighted by Crippen LogP contribution is -2.13. The van der Waals surface area contributed by atoms with E-state index in [4.69, 9.17) is 4.74 Å². The number of cyclic esters (lactones) is 1. The highest BCUT2D eigenvalue weighted by Crippen LogP contribution is 2.15. The van der Waals surface area contributed by atoms with Crippen molar-refractivity contribution in [2.24, 2.45) is 0 Å². The van der Waals surface area contributed by atoms with Crippen LogP contribution in [0.4, 0.5) is 0 Å². The maximum atomic E-state index is 11.2. The van der Waals surface area contributed by atoms with Crippen LogP contribution in [0.15, 0.2) is 24.3 Å². The van der Waals surface area contributed by atoms with Crippen molar-refractivity contribution in [3.05, 3.63) is 24.3 Å². The molecule has 0 saturated carbocycles. The average Bonchev–Trinajstić information content (AvgIpc) is 2.20. The summed E-state index contributed by atoms with van der Waals surface area (Å²) in [5.74, 6) is -0.111. The van der Waals surface area contributed by atoms with Crippen molar-refractivity contribution < 1.29 is 9.53 Å². The summed E-state index contributed by atoms with van der Waals surface area (Å²) in [4.78, 5) is 11.2. The van der Waals surface area contributed by atoms with Crippen molar-refractivity contribution in [2.75, 3.05) is 6.61 Å². The molecule has 0 bridgehead atoms. The molecule has 1 heterocycles. The van der Waals surface area contributed by atoms with Gasteiger partial charge in [-0.25, -0.2) is 4.79 Å². The third kappa shape index (κ3) is 3.77. The molecule has 14 heavy (non-hydrogen) atoms. The Labute approximate surface area is 85.6 Å². The van der Waals surface area contributed by atoms with E-state index >= 15 is 0 Å². The van der Waals surface area contributed by atoms with E-state index in [0.29, 0.717) is 6.61 Å². The first-order chi connectivity index (χ1) is 6.84. The molecule has 0 amide bonds. The first kappa shape index (κ1) is 11.0. The Morgan fingerprint density at radius 3 is 3.00 bits per heavy atom. The fourth-order valence-corrected chi connectivity index (χ4v) is 1.55. The standard InChI is InChI=1S/C12H18O2/c1-2-3-4-5-6-8-11-9-7-10-14-12(11)13/h2,9H,1,3-8,10H2. The summed E-state index contributed by atoms with van der Waals surface area (Å²) < 4.78 is 4.95. The monoisotopic (exact) mass is 194 g/mol. The van der Waals surface area contributed by atoms with Gasteiger partial charge >= 0.3 is 5.97 Å². The van der Waals surface area contributed by atoms with Gasteiger partial charge in [0, 0.05) is 12.0 Å². The van der Waals surface area contributed by atoms with E-state index in [1.807, 2.05) is 12.2 Å². The smallest absolute Gasteiger partial charge is 0.333 e. The molecule has 0 fully saturated rings. The van der Waals surface area contributed by atoms with Gasteiger partial charge in [-0.05, 0) is 25.7 Å². The van der Waals surface area contributed by atoms with Crippen LogP contribution in [-0.4, -0.2) is 12.6 Å². The number of esters is 1. The summed E-state index contributed by atoms with van der Waals surface area (Å²) in [7, 11) is 0. The van der Waals surface area contributed by atoms with Crippen LogP contribution in [0.3, 0.4) is 0 Å². The summed E-state index contributed by atoms with van der Waals surface area (Å²) >= 11 is 0. The zero-order valence-corrected chi connectivity index (χ0v) is 8.63. The Balaban J connectivity index is 2.14. The van der Waals surface area contributed by atoms with Gasteiger partial charge in [0.25, 0.3) is 0 Å². The van der Waals surface area contributed by atoms with Gasteiger partial charge in [-0.1, -0.05) is 18.6 Å². The molecule has 0 atom stereocenters. The summed E-state index contributed by atoms with van der Waals surface area (Å²) in [6.45, 7) is 4.23. The second-order valence-electron chi connectivity index (χ2n) is 3.54. The maximum Gasteiger partial charge on any atom is 0.333 e. The lowest BCUT2D eigenvalue weighted by Gasteiger charge is -2.12. The molecule has 2 heteroatoms. The van der Waals surface area contributed by atoms with Crippen LogP contribution < -0.4 is 0 Å². The number of ether oxygens (including phenoxy) is 1. The Morgan fingerprint density at radius 1 is 1.43 bits per heavy atom. The van der Waals surface area contributed by atoms with Crippen molar-refractivity contribution >= 4 is 5.97 Å². The minimum Gasteiger partial charge on any atom is -0.462 e. The fourth-order valence-electron chi connectivity index (χ4n) is 1.55. The van der Waals surface area contributed by atoms with Crippen molar-refractivity contribution in [3.8, 4) is 0 Å². The van der Waals surface area contributed by atoms with E-state index in [2.05, 4.69) is 6.58 Å². The second kappa shape index (κ2) is 6.41. The molecule has 1 aliphatic heterocycles. The Hall–Kier alpha value is -1.05. The largest absolute Gasteiger partial charge is 0.462 e. The maximum absolute atomic E-state index is 11.2. The molecule has 0 unspecified atom stereocenters. The lowest BCUT2D eigenvalue weighted by atomic mass is 10.0. The molecule has 0 aromatic heterocycles. The molecule has 0 saturated heterocycles. The molecule has 0 aliphatic carbocycles. The van der Waals surface area contributed by atoms with Crippen LogP contribution in [0, 0.1) is 0 Å². The predicted octanol–water partition coefficient (Wildman–Crippen LogP) is 3.00. The van der Waals surface area contributed by atoms with E-state index < -0.39 is 0 Å². The van der Waals surface area contributed by atoms with Crippen LogP contribution >= 0.6 is 0 Å². The van der Waals surface area contributed by atoms with Crippen molar-refractivity contribution in [1.29, 1.82) is 0 Å². The van der Waals surface area contributed by atoms with Crippen LogP contribution in [0.2, 0.25) is 0 Å². The topological polar surface area (TPSA) is 26.3 Å². The third-order valence-electron chi connectivity index (χ3n) is 2.36. The van der Waals surface area contributed by atoms with Crippen LogP contribution in [0.5, 0.6) is 0 Å². The molecule has 0 aromatic rings. The van der Waals surface area contributed by atoms with Crippen LogP contribution in [0.1, 0.15) is 38.5 Å². The number of hydrogen-bond acceptors (Lipinski definition) is 2. The van der Waals surface area contributed by atoms with Crippen molar-refractivity contribution in [2.45, 2.75) is 38.5 Å². The fraction of sp³-hybridized carbons (Fsp3) is 0.583. The average molecular weight is 194 g/mol. The summed E-state index contributed by atoms with van der Waals surface area (Å²) in [6.07, 6.45) is 10.2. The Morgan fingerprint density at radius 2 is 2.29 bits per heavy atom. The quantitative estimate of drug-likeness (QED) is 0.369. The van der Waals surface area contributed by atoms with Crippen molar-refractivity contribution in [1.82, 2.24) is 0 Å². The minimum atomic E-state index is -0.111. The first-order valence-electron chi connectivity index (χ1n) is 5.31. The lowest BCUT2D eigenvalue weighted by molar-refractivity contribution is -0.140. The molecule has 0 aromatic carbocycles. The summed E-state index contributed by atoms with van der Waals surface area (Å²) in [5, 5.41) is 0. The highest BCUT2D eigenvalue weighted by atomic mass is 16.5. The van der Waals surface area contributed by atoms with Gasteiger partial charge in [-0.15, -0.1) is 6.58 Å². The van der Waals surface area contributed by atoms with Gasteiger partial charge in [-0.3, -0.25) is 0 Å². The number of carbonyl (C=O) groups excluding carboxylic acids is 1. The molecular formula is C12H18O2. The first-order valence-corrected chi connectivity index (χ1v) is 5.31. The Bertz CT molecular complexity index is 228. The molecule has 0 radical (unpaired) electrons. The molecule has 1 rings (SSSR count). The van der Waals surface area contributed by atoms with E-state index in [-0.39, 0.29) is 5.97 Å². The molecule has 78 valence electrons. The zero-order valence-electron chi connectivity index (χ0n) is 8.63. The van der Waals surface area contributed by atoms with Crippen LogP contribution in [-0.2, 0) is 9.53 Å². The number of rotatable bonds is 6. The second-order valence-corrected chi connectivity index (χ2v) is 3.54. The van der Waals surface area contributed by atoms with Gasteiger partial charge in [0.15, 0.2) is 0 Å². The number of unbranched alkanes of at least 4 members (excludes halogenated alkanes) is 3. The molecule has 0 N–H and O–H groups in total. The predicted molar refractivity (Wildman–Crippen MR) is 56.9 cm³/mol. The molecule has 0 spiro atoms. The highest BCUT2D eigenvalue weighted by Gasteiger charge is 2.13. The highest BCUT2D eigenvalue weighted by molar-refractivity contribution is 5.88. The number of carbonyl (C=O) groups is 1. The summed E-state index contributed by atoms with van der Waals surface area (Å²) in [5.41, 5.74) is 0.870. The zero-order chi connectivity index (χ0) is 10.2. The van der Waals surface area contributed by atoms with Crippen molar-refractivity contribution in [3.63, 3.8) is 0 Å². The molecule has 1 aliphatic rings. The van der Waals surface area contributed by atoms with E-state index in [1.54, 1.807) is 0 Å². The van der Waals surface area contributed by atoms with Gasteiger partial charge < -0.3 is 4.74 Å². The normalized spacial score (nSPS) is 16.0. The SMILES string of the molecule is C=CCCCCCC1=CCCOC1=O. The molecule has 2 nitrogen and oxygen atoms in total. The van der Waals surface area contributed by atoms with Crippen LogP contribution in [0.25, 0.3) is 0 Å². The van der Waals surface area contributed by atoms with Gasteiger partial charge in [0.05, 0.1) is 6.61 Å². The molecular weight excluding hydrogens is 176 g/mol. The van der Waals surface area contributed by atoms with E-state index in [9.17, 15) is 4.79 Å². The van der Waals surface area contributed by atoms with Gasteiger partial charge in [-0.2, -0.15) is 0 Å². The van der Waals surface area contributed by atoms with E-state index in [1.165, 1.54) is 6.42 Å².